The van der Waals surface area contributed by atoms with E-state index < -0.39 is 16.8 Å². The smallest absolute Gasteiger partial charge is 0.478 e. The predicted octanol–water partition coefficient (Wildman–Crippen LogP) is 1.68. The highest BCUT2D eigenvalue weighted by atomic mass is 79.9. The summed E-state index contributed by atoms with van der Waals surface area (Å²) in [6.07, 6.45) is 0. The lowest BCUT2D eigenvalue weighted by atomic mass is 10.2. The first-order valence-electron chi connectivity index (χ1n) is 4.57. The standard InChI is InChI=1S/C8H3BrClN5O4/c9-7-12-8(15(18)19)13-14(7)5-3(6(16)17)1-2-4(10)11-5/h1-2H,(H,16,17). The van der Waals surface area contributed by atoms with Gasteiger partial charge in [0.15, 0.2) is 5.82 Å². The lowest BCUT2D eigenvalue weighted by Gasteiger charge is -2.02. The molecule has 11 heteroatoms. The summed E-state index contributed by atoms with van der Waals surface area (Å²) in [4.78, 5) is 28.1. The van der Waals surface area contributed by atoms with Gasteiger partial charge in [0.1, 0.15) is 10.7 Å². The number of halogens is 2. The third-order valence-corrected chi connectivity index (χ3v) is 2.72. The van der Waals surface area contributed by atoms with E-state index in [1.807, 2.05) is 0 Å². The summed E-state index contributed by atoms with van der Waals surface area (Å²) < 4.78 is 0.824. The van der Waals surface area contributed by atoms with E-state index in [1.165, 1.54) is 12.1 Å². The van der Waals surface area contributed by atoms with Crippen molar-refractivity contribution in [3.05, 3.63) is 37.7 Å². The summed E-state index contributed by atoms with van der Waals surface area (Å²) in [6, 6.07) is 2.50. The van der Waals surface area contributed by atoms with Crippen LogP contribution in [0.15, 0.2) is 16.9 Å². The van der Waals surface area contributed by atoms with Crippen molar-refractivity contribution in [3.63, 3.8) is 0 Å². The zero-order chi connectivity index (χ0) is 14.2. The SMILES string of the molecule is O=C(O)c1ccc(Cl)nc1-n1nc([N+](=O)[O-])nc1Br. The Kier molecular flexibility index (Phi) is 3.44. The topological polar surface area (TPSA) is 124 Å². The second-order valence-electron chi connectivity index (χ2n) is 3.16. The van der Waals surface area contributed by atoms with Gasteiger partial charge in [-0.25, -0.2) is 9.78 Å². The average molecular weight is 348 g/mol. The van der Waals surface area contributed by atoms with Crippen LogP contribution in [-0.4, -0.2) is 35.7 Å². The Morgan fingerprint density at radius 1 is 1.47 bits per heavy atom. The van der Waals surface area contributed by atoms with Crippen LogP contribution in [0, 0.1) is 10.1 Å². The minimum Gasteiger partial charge on any atom is -0.478 e. The van der Waals surface area contributed by atoms with E-state index in [1.54, 1.807) is 0 Å². The van der Waals surface area contributed by atoms with Gasteiger partial charge < -0.3 is 15.2 Å². The Hall–Kier alpha value is -2.07. The van der Waals surface area contributed by atoms with Gasteiger partial charge in [0.25, 0.3) is 4.73 Å². The summed E-state index contributed by atoms with van der Waals surface area (Å²) in [6.45, 7) is 0. The maximum atomic E-state index is 11.1. The molecule has 0 atom stereocenters. The van der Waals surface area contributed by atoms with Crippen LogP contribution in [0.1, 0.15) is 10.4 Å². The maximum Gasteiger partial charge on any atom is 0.492 e. The number of carboxylic acid groups (broad SMARTS) is 1. The van der Waals surface area contributed by atoms with Gasteiger partial charge in [-0.05, 0) is 22.0 Å². The number of nitro groups is 1. The summed E-state index contributed by atoms with van der Waals surface area (Å²) in [7, 11) is 0. The van der Waals surface area contributed by atoms with Crippen LogP contribution in [-0.2, 0) is 0 Å². The molecule has 0 unspecified atom stereocenters. The van der Waals surface area contributed by atoms with Crippen LogP contribution in [0.2, 0.25) is 5.15 Å². The summed E-state index contributed by atoms with van der Waals surface area (Å²) in [5.74, 6) is -2.14. The third-order valence-electron chi connectivity index (χ3n) is 1.99. The Morgan fingerprint density at radius 2 is 2.16 bits per heavy atom. The number of carboxylic acids is 1. The van der Waals surface area contributed by atoms with Gasteiger partial charge in [-0.1, -0.05) is 11.6 Å². The fraction of sp³-hybridized carbons (Fsp3) is 0. The summed E-state index contributed by atoms with van der Waals surface area (Å²) >= 11 is 8.62. The first-order chi connectivity index (χ1) is 8.90. The van der Waals surface area contributed by atoms with E-state index >= 15 is 0 Å². The lowest BCUT2D eigenvalue weighted by molar-refractivity contribution is -0.394. The number of aromatic nitrogens is 4. The molecule has 2 heterocycles. The Balaban J connectivity index is 2.67. The van der Waals surface area contributed by atoms with Crippen LogP contribution < -0.4 is 0 Å². The molecule has 0 bridgehead atoms. The molecule has 2 aromatic heterocycles. The molecule has 0 aromatic carbocycles. The van der Waals surface area contributed by atoms with Crippen molar-refractivity contribution in [2.24, 2.45) is 0 Å². The molecule has 0 aliphatic heterocycles. The lowest BCUT2D eigenvalue weighted by Crippen LogP contribution is -2.09. The highest BCUT2D eigenvalue weighted by Gasteiger charge is 2.25. The van der Waals surface area contributed by atoms with Gasteiger partial charge in [-0.3, -0.25) is 0 Å². The monoisotopic (exact) mass is 347 g/mol. The molecule has 0 radical (unpaired) electrons. The molecule has 0 spiro atoms. The van der Waals surface area contributed by atoms with Crippen LogP contribution in [0.4, 0.5) is 5.95 Å². The molecule has 9 nitrogen and oxygen atoms in total. The molecule has 19 heavy (non-hydrogen) atoms. The molecule has 0 fully saturated rings. The Labute approximate surface area is 118 Å². The van der Waals surface area contributed by atoms with Crippen molar-refractivity contribution in [2.45, 2.75) is 0 Å². The van der Waals surface area contributed by atoms with Gasteiger partial charge >= 0.3 is 11.9 Å². The number of hydrogen-bond donors (Lipinski definition) is 1. The van der Waals surface area contributed by atoms with Gasteiger partial charge in [-0.15, -0.1) is 4.68 Å². The summed E-state index contributed by atoms with van der Waals surface area (Å²) in [5, 5.41) is 23.2. The average Bonchev–Trinajstić information content (AvgIpc) is 2.71. The van der Waals surface area contributed by atoms with Crippen LogP contribution >= 0.6 is 27.5 Å². The molecule has 1 N–H and O–H groups in total. The number of hydrogen-bond acceptors (Lipinski definition) is 6. The fourth-order valence-corrected chi connectivity index (χ4v) is 1.80. The maximum absolute atomic E-state index is 11.1. The predicted molar refractivity (Wildman–Crippen MR) is 65.5 cm³/mol. The number of nitrogens with zero attached hydrogens (tertiary/aromatic N) is 5. The normalized spacial score (nSPS) is 10.4. The minimum absolute atomic E-state index is 0.0186. The molecular formula is C8H3BrClN5O4. The van der Waals surface area contributed by atoms with Crippen molar-refractivity contribution in [1.29, 1.82) is 0 Å². The Morgan fingerprint density at radius 3 is 2.68 bits per heavy atom. The molecule has 0 aliphatic rings. The molecule has 0 saturated heterocycles. The minimum atomic E-state index is -1.27. The first-order valence-corrected chi connectivity index (χ1v) is 5.74. The van der Waals surface area contributed by atoms with E-state index in [-0.39, 0.29) is 21.3 Å². The molecule has 2 rings (SSSR count). The van der Waals surface area contributed by atoms with Crippen LogP contribution in [0.25, 0.3) is 5.82 Å². The fourth-order valence-electron chi connectivity index (χ4n) is 1.25. The highest BCUT2D eigenvalue weighted by molar-refractivity contribution is 9.10. The number of pyridine rings is 1. The van der Waals surface area contributed by atoms with Gasteiger partial charge in [0.2, 0.25) is 0 Å². The van der Waals surface area contributed by atoms with E-state index in [0.717, 1.165) is 4.68 Å². The third kappa shape index (κ3) is 2.53. The second kappa shape index (κ2) is 4.90. The van der Waals surface area contributed by atoms with Crippen molar-refractivity contribution < 1.29 is 14.8 Å². The molecule has 98 valence electrons. The van der Waals surface area contributed by atoms with E-state index in [0.29, 0.717) is 0 Å². The molecule has 0 saturated carbocycles. The first kappa shape index (κ1) is 13.4. The van der Waals surface area contributed by atoms with Crippen molar-refractivity contribution >= 4 is 39.4 Å². The van der Waals surface area contributed by atoms with E-state index in [2.05, 4.69) is 31.0 Å². The molecular weight excluding hydrogens is 345 g/mol. The second-order valence-corrected chi connectivity index (χ2v) is 4.26. The van der Waals surface area contributed by atoms with Crippen molar-refractivity contribution in [3.8, 4) is 5.82 Å². The zero-order valence-electron chi connectivity index (χ0n) is 8.82. The number of rotatable bonds is 3. The molecule has 0 amide bonds. The van der Waals surface area contributed by atoms with Gasteiger partial charge in [-0.2, -0.15) is 0 Å². The molecule has 2 aromatic rings. The quantitative estimate of drug-likeness (QED) is 0.508. The van der Waals surface area contributed by atoms with Crippen LogP contribution in [0.3, 0.4) is 0 Å². The Bertz CT molecular complexity index is 688. The van der Waals surface area contributed by atoms with Crippen molar-refractivity contribution in [2.75, 3.05) is 0 Å². The zero-order valence-corrected chi connectivity index (χ0v) is 11.2. The van der Waals surface area contributed by atoms with Crippen molar-refractivity contribution in [1.82, 2.24) is 19.7 Å². The number of carbonyl (C=O) groups is 1. The van der Waals surface area contributed by atoms with Crippen LogP contribution in [0.5, 0.6) is 0 Å². The molecule has 0 aliphatic carbocycles. The summed E-state index contributed by atoms with van der Waals surface area (Å²) in [5.41, 5.74) is -0.218. The highest BCUT2D eigenvalue weighted by Crippen LogP contribution is 2.21. The largest absolute Gasteiger partial charge is 0.492 e. The van der Waals surface area contributed by atoms with Gasteiger partial charge in [0.05, 0.1) is 0 Å². The van der Waals surface area contributed by atoms with E-state index in [4.69, 9.17) is 16.7 Å². The van der Waals surface area contributed by atoms with E-state index in [9.17, 15) is 14.9 Å². The number of aromatic carboxylic acids is 1. The van der Waals surface area contributed by atoms with Gasteiger partial charge in [0, 0.05) is 21.0 Å².